The predicted molar refractivity (Wildman–Crippen MR) is 60.8 cm³/mol. The fraction of sp³-hybridized carbons (Fsp3) is 0.545. The maximum atomic E-state index is 11.3. The van der Waals surface area contributed by atoms with Gasteiger partial charge in [-0.3, -0.25) is 0 Å². The minimum Gasteiger partial charge on any atom is -0.479 e. The van der Waals surface area contributed by atoms with Gasteiger partial charge in [-0.1, -0.05) is 6.92 Å². The molecule has 0 saturated carbocycles. The van der Waals surface area contributed by atoms with Crippen molar-refractivity contribution in [3.8, 4) is 0 Å². The maximum absolute atomic E-state index is 11.3. The molecule has 1 aliphatic rings. The van der Waals surface area contributed by atoms with Crippen LogP contribution in [0.25, 0.3) is 0 Å². The van der Waals surface area contributed by atoms with Crippen LogP contribution in [0.2, 0.25) is 0 Å². The molecule has 2 rings (SSSR count). The van der Waals surface area contributed by atoms with Gasteiger partial charge in [0.2, 0.25) is 0 Å². The summed E-state index contributed by atoms with van der Waals surface area (Å²) in [4.78, 5) is 19.4. The van der Waals surface area contributed by atoms with Gasteiger partial charge in [0.05, 0.1) is 6.61 Å². The minimum absolute atomic E-state index is 0.161. The molecule has 1 aromatic rings. The van der Waals surface area contributed by atoms with Crippen LogP contribution in [0.15, 0.2) is 12.4 Å². The smallest absolute Gasteiger partial charge is 0.331 e. The molecule has 0 amide bonds. The van der Waals surface area contributed by atoms with Crippen molar-refractivity contribution in [2.75, 3.05) is 18.5 Å². The second-order valence-electron chi connectivity index (χ2n) is 4.06. The molecule has 6 nitrogen and oxygen atoms in total. The van der Waals surface area contributed by atoms with Gasteiger partial charge in [-0.15, -0.1) is 0 Å². The van der Waals surface area contributed by atoms with Crippen LogP contribution in [0.1, 0.15) is 19.0 Å². The average molecular weight is 237 g/mol. The quantitative estimate of drug-likeness (QED) is 0.801. The Morgan fingerprint density at radius 2 is 2.47 bits per heavy atom. The first-order valence-electron chi connectivity index (χ1n) is 5.56. The van der Waals surface area contributed by atoms with Crippen LogP contribution < -0.4 is 5.32 Å². The molecule has 2 heterocycles. The van der Waals surface area contributed by atoms with E-state index in [-0.39, 0.29) is 6.61 Å². The van der Waals surface area contributed by atoms with Gasteiger partial charge in [-0.2, -0.15) is 0 Å². The van der Waals surface area contributed by atoms with Gasteiger partial charge in [-0.05, 0) is 6.42 Å². The number of rotatable bonds is 4. The Morgan fingerprint density at radius 3 is 3.06 bits per heavy atom. The number of nitrogens with zero attached hydrogens (tertiary/aromatic N) is 2. The van der Waals surface area contributed by atoms with Crippen LogP contribution in [0, 0.1) is 0 Å². The number of carboxylic acids is 1. The maximum Gasteiger partial charge on any atom is 0.331 e. The van der Waals surface area contributed by atoms with E-state index in [1.807, 2.05) is 6.92 Å². The van der Waals surface area contributed by atoms with Crippen molar-refractivity contribution in [3.05, 3.63) is 18.1 Å². The van der Waals surface area contributed by atoms with Gasteiger partial charge in [0.1, 0.15) is 12.1 Å². The van der Waals surface area contributed by atoms with E-state index in [2.05, 4.69) is 15.3 Å². The van der Waals surface area contributed by atoms with Crippen molar-refractivity contribution in [3.63, 3.8) is 0 Å². The summed E-state index contributed by atoms with van der Waals surface area (Å²) in [7, 11) is 0. The number of hydrogen-bond donors (Lipinski definition) is 2. The zero-order valence-corrected chi connectivity index (χ0v) is 9.64. The summed E-state index contributed by atoms with van der Waals surface area (Å²) in [5.74, 6) is -0.378. The second-order valence-corrected chi connectivity index (χ2v) is 4.06. The molecule has 0 spiro atoms. The standard InChI is InChI=1S/C11H15N3O3/c1-2-8-5-9(13-7-12-8)14-11(10(15)16)3-4-17-6-11/h5,7H,2-4,6H2,1H3,(H,15,16)(H,12,13,14). The molecular weight excluding hydrogens is 222 g/mol. The highest BCUT2D eigenvalue weighted by molar-refractivity contribution is 5.83. The van der Waals surface area contributed by atoms with Crippen LogP contribution in [0.4, 0.5) is 5.82 Å². The summed E-state index contributed by atoms with van der Waals surface area (Å²) < 4.78 is 5.16. The van der Waals surface area contributed by atoms with E-state index in [4.69, 9.17) is 4.74 Å². The van der Waals surface area contributed by atoms with Crippen LogP contribution in [0.5, 0.6) is 0 Å². The molecule has 0 radical (unpaired) electrons. The second kappa shape index (κ2) is 4.67. The molecule has 2 N–H and O–H groups in total. The summed E-state index contributed by atoms with van der Waals surface area (Å²) in [6, 6.07) is 1.77. The number of anilines is 1. The molecule has 0 aromatic carbocycles. The summed E-state index contributed by atoms with van der Waals surface area (Å²) in [6.45, 7) is 2.59. The van der Waals surface area contributed by atoms with Gasteiger partial charge < -0.3 is 15.2 Å². The van der Waals surface area contributed by atoms with Gasteiger partial charge in [-0.25, -0.2) is 14.8 Å². The van der Waals surface area contributed by atoms with Crippen LogP contribution >= 0.6 is 0 Å². The molecule has 1 aromatic heterocycles. The molecule has 1 fully saturated rings. The Hall–Kier alpha value is -1.69. The molecule has 1 unspecified atom stereocenters. The summed E-state index contributed by atoms with van der Waals surface area (Å²) in [5, 5.41) is 12.2. The van der Waals surface area contributed by atoms with Gasteiger partial charge in [0.25, 0.3) is 0 Å². The van der Waals surface area contributed by atoms with Crippen molar-refractivity contribution in [1.82, 2.24) is 9.97 Å². The highest BCUT2D eigenvalue weighted by Gasteiger charge is 2.42. The number of aromatic nitrogens is 2. The third kappa shape index (κ3) is 2.36. The predicted octanol–water partition coefficient (Wildman–Crippen LogP) is 0.695. The fourth-order valence-corrected chi connectivity index (χ4v) is 1.79. The molecule has 92 valence electrons. The third-order valence-corrected chi connectivity index (χ3v) is 2.88. The Balaban J connectivity index is 2.20. The first-order valence-corrected chi connectivity index (χ1v) is 5.56. The number of carboxylic acid groups (broad SMARTS) is 1. The minimum atomic E-state index is -1.06. The lowest BCUT2D eigenvalue weighted by Crippen LogP contribution is -2.47. The topological polar surface area (TPSA) is 84.3 Å². The van der Waals surface area contributed by atoms with Gasteiger partial charge in [0, 0.05) is 24.8 Å². The monoisotopic (exact) mass is 237 g/mol. The van der Waals surface area contributed by atoms with Crippen molar-refractivity contribution < 1.29 is 14.6 Å². The van der Waals surface area contributed by atoms with Gasteiger partial charge in [0.15, 0.2) is 5.54 Å². The number of hydrogen-bond acceptors (Lipinski definition) is 5. The van der Waals surface area contributed by atoms with E-state index < -0.39 is 11.5 Å². The van der Waals surface area contributed by atoms with Crippen molar-refractivity contribution >= 4 is 11.8 Å². The largest absolute Gasteiger partial charge is 0.479 e. The van der Waals surface area contributed by atoms with Crippen LogP contribution in [-0.4, -0.2) is 39.8 Å². The Kier molecular flexibility index (Phi) is 3.23. The van der Waals surface area contributed by atoms with Crippen molar-refractivity contribution in [1.29, 1.82) is 0 Å². The summed E-state index contributed by atoms with van der Waals surface area (Å²) in [6.07, 6.45) is 2.66. The lowest BCUT2D eigenvalue weighted by molar-refractivity contribution is -0.142. The Bertz CT molecular complexity index is 416. The van der Waals surface area contributed by atoms with Crippen LogP contribution in [0.3, 0.4) is 0 Å². The lowest BCUT2D eigenvalue weighted by atomic mass is 9.99. The highest BCUT2D eigenvalue weighted by Crippen LogP contribution is 2.23. The van der Waals surface area contributed by atoms with Crippen LogP contribution in [-0.2, 0) is 16.0 Å². The number of ether oxygens (including phenoxy) is 1. The van der Waals surface area contributed by atoms with E-state index in [1.165, 1.54) is 6.33 Å². The zero-order chi connectivity index (χ0) is 12.3. The first kappa shape index (κ1) is 11.8. The number of nitrogens with one attached hydrogen (secondary N) is 1. The molecule has 0 bridgehead atoms. The third-order valence-electron chi connectivity index (χ3n) is 2.88. The zero-order valence-electron chi connectivity index (χ0n) is 9.64. The molecule has 17 heavy (non-hydrogen) atoms. The number of aryl methyl sites for hydroxylation is 1. The number of carbonyl (C=O) groups is 1. The average Bonchev–Trinajstić information content (AvgIpc) is 2.79. The normalized spacial score (nSPS) is 23.6. The van der Waals surface area contributed by atoms with E-state index in [0.717, 1.165) is 12.1 Å². The SMILES string of the molecule is CCc1cc(NC2(C(=O)O)CCOC2)ncn1. The van der Waals surface area contributed by atoms with Crippen molar-refractivity contribution in [2.24, 2.45) is 0 Å². The summed E-state index contributed by atoms with van der Waals surface area (Å²) in [5.41, 5.74) is -0.179. The Labute approximate surface area is 99.0 Å². The lowest BCUT2D eigenvalue weighted by Gasteiger charge is -2.24. The molecule has 0 aliphatic carbocycles. The van der Waals surface area contributed by atoms with Crippen molar-refractivity contribution in [2.45, 2.75) is 25.3 Å². The summed E-state index contributed by atoms with van der Waals surface area (Å²) >= 11 is 0. The molecular formula is C11H15N3O3. The first-order chi connectivity index (χ1) is 8.16. The van der Waals surface area contributed by atoms with E-state index in [0.29, 0.717) is 18.8 Å². The fourth-order valence-electron chi connectivity index (χ4n) is 1.79. The number of aliphatic carboxylic acids is 1. The highest BCUT2D eigenvalue weighted by atomic mass is 16.5. The van der Waals surface area contributed by atoms with E-state index >= 15 is 0 Å². The molecule has 1 saturated heterocycles. The van der Waals surface area contributed by atoms with E-state index in [1.54, 1.807) is 6.07 Å². The Morgan fingerprint density at radius 1 is 1.65 bits per heavy atom. The molecule has 1 atom stereocenters. The molecule has 6 heteroatoms. The van der Waals surface area contributed by atoms with Gasteiger partial charge >= 0.3 is 5.97 Å². The molecule has 1 aliphatic heterocycles. The van der Waals surface area contributed by atoms with E-state index in [9.17, 15) is 9.90 Å².